The van der Waals surface area contributed by atoms with Crippen LogP contribution in [-0.2, 0) is 30.2 Å². The number of fused-ring (bicyclic) bond motifs is 8. The molecule has 1 N–H and O–H groups in total. The van der Waals surface area contributed by atoms with Gasteiger partial charge < -0.3 is 24.1 Å². The minimum atomic E-state index is -0.907. The second-order valence-electron chi connectivity index (χ2n) is 12.7. The molecule has 0 amide bonds. The van der Waals surface area contributed by atoms with E-state index in [-0.39, 0.29) is 36.1 Å². The zero-order valence-corrected chi connectivity index (χ0v) is 21.9. The van der Waals surface area contributed by atoms with Gasteiger partial charge in [0.15, 0.2) is 13.6 Å². The normalized spacial score (nSPS) is 43.2. The average Bonchev–Trinajstić information content (AvgIpc) is 3.67. The Kier molecular flexibility index (Phi) is 4.65. The van der Waals surface area contributed by atoms with Crippen molar-refractivity contribution in [1.29, 1.82) is 0 Å². The Morgan fingerprint density at radius 2 is 1.87 bits per heavy atom. The molecule has 2 aliphatic heterocycles. The molecular weight excluding hydrogens is 484 g/mol. The van der Waals surface area contributed by atoms with E-state index in [0.29, 0.717) is 30.6 Å². The molecular formula is C30H34N2O6. The van der Waals surface area contributed by atoms with Crippen molar-refractivity contribution in [2.24, 2.45) is 28.6 Å². The Morgan fingerprint density at radius 1 is 1.05 bits per heavy atom. The third-order valence-corrected chi connectivity index (χ3v) is 11.3. The number of carbonyl (C=O) groups is 1. The fourth-order valence-electron chi connectivity index (χ4n) is 9.66. The third-order valence-electron chi connectivity index (χ3n) is 11.3. The summed E-state index contributed by atoms with van der Waals surface area (Å²) in [5, 5.41) is 14.4. The van der Waals surface area contributed by atoms with Crippen LogP contribution in [0.15, 0.2) is 36.0 Å². The topological polar surface area (TPSA) is 92.0 Å². The quantitative estimate of drug-likeness (QED) is 0.599. The number of nitrogens with zero attached hydrogens (tertiary/aromatic N) is 2. The molecule has 8 nitrogen and oxygen atoms in total. The number of hydrogen-bond donors (Lipinski definition) is 1. The van der Waals surface area contributed by atoms with Crippen molar-refractivity contribution in [3.8, 4) is 11.4 Å². The van der Waals surface area contributed by atoms with Crippen molar-refractivity contribution in [3.05, 3.63) is 47.3 Å². The Morgan fingerprint density at radius 3 is 2.66 bits per heavy atom. The first-order chi connectivity index (χ1) is 18.3. The average molecular weight is 519 g/mol. The highest BCUT2D eigenvalue weighted by Crippen LogP contribution is 2.70. The maximum absolute atomic E-state index is 14.3. The number of Topliss-reactive ketones (excluding diaryl/α,β-unsaturated/α-hetero) is 1. The lowest BCUT2D eigenvalue weighted by molar-refractivity contribution is -0.246. The SMILES string of the molecule is C[C@]12Cc3cnn(-c4ccc(O)cc4)c3C=C1CC[C@@H]1[C@@H]2C(=O)C[C@@]2(C)[C@H]1CC[C@@]21OCOC12COCO2. The van der Waals surface area contributed by atoms with Crippen LogP contribution in [0.5, 0.6) is 5.75 Å². The van der Waals surface area contributed by atoms with Gasteiger partial charge in [0.05, 0.1) is 17.6 Å². The number of ketones is 1. The zero-order chi connectivity index (χ0) is 25.9. The van der Waals surface area contributed by atoms with Gasteiger partial charge in [0, 0.05) is 23.2 Å². The van der Waals surface area contributed by atoms with E-state index in [9.17, 15) is 9.90 Å². The van der Waals surface area contributed by atoms with Crippen LogP contribution in [0.25, 0.3) is 11.8 Å². The molecule has 8 heteroatoms. The first kappa shape index (κ1) is 23.4. The fourth-order valence-corrected chi connectivity index (χ4v) is 9.66. The van der Waals surface area contributed by atoms with Crippen molar-refractivity contribution >= 4 is 11.9 Å². The fraction of sp³-hybridized carbons (Fsp3) is 0.600. The van der Waals surface area contributed by atoms with Crippen molar-refractivity contribution in [2.45, 2.75) is 63.8 Å². The first-order valence-corrected chi connectivity index (χ1v) is 13.9. The van der Waals surface area contributed by atoms with Crippen LogP contribution in [-0.4, -0.2) is 52.3 Å². The molecule has 2 spiro atoms. The number of phenols is 1. The monoisotopic (exact) mass is 518 g/mol. The van der Waals surface area contributed by atoms with Crippen LogP contribution in [0.2, 0.25) is 0 Å². The predicted molar refractivity (Wildman–Crippen MR) is 136 cm³/mol. The Hall–Kier alpha value is -2.52. The van der Waals surface area contributed by atoms with E-state index in [2.05, 4.69) is 19.9 Å². The van der Waals surface area contributed by atoms with Crippen LogP contribution >= 0.6 is 0 Å². The van der Waals surface area contributed by atoms with E-state index < -0.39 is 11.4 Å². The maximum Gasteiger partial charge on any atom is 0.226 e. The Bertz CT molecular complexity index is 1350. The van der Waals surface area contributed by atoms with E-state index in [1.54, 1.807) is 12.1 Å². The second kappa shape index (κ2) is 7.56. The first-order valence-electron chi connectivity index (χ1n) is 13.9. The van der Waals surface area contributed by atoms with Gasteiger partial charge in [-0.2, -0.15) is 5.10 Å². The highest BCUT2D eigenvalue weighted by molar-refractivity contribution is 5.86. The number of aromatic nitrogens is 2. The smallest absolute Gasteiger partial charge is 0.226 e. The van der Waals surface area contributed by atoms with E-state index >= 15 is 0 Å². The van der Waals surface area contributed by atoms with E-state index in [0.717, 1.165) is 43.5 Å². The predicted octanol–water partition coefficient (Wildman–Crippen LogP) is 4.38. The van der Waals surface area contributed by atoms with Crippen LogP contribution < -0.4 is 0 Å². The lowest BCUT2D eigenvalue weighted by Crippen LogP contribution is -2.65. The Balaban J connectivity index is 1.16. The lowest BCUT2D eigenvalue weighted by atomic mass is 9.45. The van der Waals surface area contributed by atoms with Crippen LogP contribution in [0.4, 0.5) is 0 Å². The van der Waals surface area contributed by atoms with Gasteiger partial charge in [-0.3, -0.25) is 4.79 Å². The summed E-state index contributed by atoms with van der Waals surface area (Å²) >= 11 is 0. The molecule has 4 aliphatic carbocycles. The van der Waals surface area contributed by atoms with E-state index in [4.69, 9.17) is 24.0 Å². The summed E-state index contributed by atoms with van der Waals surface area (Å²) in [6.07, 6.45) is 9.37. The molecule has 7 atom stereocenters. The number of allylic oxidation sites excluding steroid dienone is 1. The minimum Gasteiger partial charge on any atom is -0.508 e. The lowest BCUT2D eigenvalue weighted by Gasteiger charge is -2.59. The van der Waals surface area contributed by atoms with Gasteiger partial charge in [0.2, 0.25) is 5.79 Å². The van der Waals surface area contributed by atoms with Gasteiger partial charge in [0.1, 0.15) is 23.7 Å². The molecule has 8 rings (SSSR count). The third kappa shape index (κ3) is 2.69. The van der Waals surface area contributed by atoms with Crippen molar-refractivity contribution < 1.29 is 28.8 Å². The molecule has 1 unspecified atom stereocenters. The number of ether oxygens (including phenoxy) is 4. The highest BCUT2D eigenvalue weighted by Gasteiger charge is 2.76. The standard InChI is InChI=1S/C30H34N2O6/c1-27-12-18-14-31-32(20-4-6-21(33)7-5-20)24(18)11-19(27)3-8-22-23-9-10-29(28(23,2)13-25(34)26(22)27)30(38-17-36-29)15-35-16-37-30/h4-7,11,14,22-23,26,33H,3,8-10,12-13,15-17H2,1-2H3/t22-,23-,26+,27-,28-,29+,30?/m0/s1. The molecule has 38 heavy (non-hydrogen) atoms. The molecule has 2 saturated heterocycles. The largest absolute Gasteiger partial charge is 0.508 e. The van der Waals surface area contributed by atoms with Gasteiger partial charge in [-0.1, -0.05) is 19.4 Å². The summed E-state index contributed by atoms with van der Waals surface area (Å²) in [5.74, 6) is 0.341. The van der Waals surface area contributed by atoms with E-state index in [1.165, 1.54) is 11.1 Å². The number of carbonyl (C=O) groups excluding carboxylic acids is 1. The summed E-state index contributed by atoms with van der Waals surface area (Å²) in [6, 6.07) is 7.14. The number of hydrogen-bond acceptors (Lipinski definition) is 7. The van der Waals surface area contributed by atoms with Gasteiger partial charge in [-0.05, 0) is 79.8 Å². The number of aromatic hydroxyl groups is 1. The molecule has 3 heterocycles. The van der Waals surface area contributed by atoms with Gasteiger partial charge in [-0.25, -0.2) is 4.68 Å². The van der Waals surface area contributed by atoms with Crippen molar-refractivity contribution in [2.75, 3.05) is 20.2 Å². The molecule has 0 bridgehead atoms. The molecule has 3 saturated carbocycles. The maximum atomic E-state index is 14.3. The molecule has 1 aromatic carbocycles. The van der Waals surface area contributed by atoms with Gasteiger partial charge in [-0.15, -0.1) is 0 Å². The molecule has 6 aliphatic rings. The summed E-state index contributed by atoms with van der Waals surface area (Å²) in [4.78, 5) is 14.3. The van der Waals surface area contributed by atoms with E-state index in [1.807, 2.05) is 23.0 Å². The zero-order valence-electron chi connectivity index (χ0n) is 21.9. The number of rotatable bonds is 1. The molecule has 0 radical (unpaired) electrons. The molecule has 2 aromatic rings. The highest BCUT2D eigenvalue weighted by atomic mass is 16.9. The number of phenolic OH excluding ortho intramolecular Hbond substituents is 1. The van der Waals surface area contributed by atoms with Gasteiger partial charge >= 0.3 is 0 Å². The minimum absolute atomic E-state index is 0.0140. The summed E-state index contributed by atoms with van der Waals surface area (Å²) in [6.45, 7) is 5.32. The molecule has 200 valence electrons. The summed E-state index contributed by atoms with van der Waals surface area (Å²) < 4.78 is 26.3. The van der Waals surface area contributed by atoms with Crippen LogP contribution in [0.1, 0.15) is 57.2 Å². The number of benzene rings is 1. The van der Waals surface area contributed by atoms with Gasteiger partial charge in [0.25, 0.3) is 0 Å². The Labute approximate surface area is 221 Å². The van der Waals surface area contributed by atoms with Crippen LogP contribution in [0.3, 0.4) is 0 Å². The van der Waals surface area contributed by atoms with Crippen molar-refractivity contribution in [1.82, 2.24) is 9.78 Å². The molecule has 5 fully saturated rings. The second-order valence-corrected chi connectivity index (χ2v) is 12.7. The molecule has 1 aromatic heterocycles. The van der Waals surface area contributed by atoms with Crippen LogP contribution in [0, 0.1) is 28.6 Å². The van der Waals surface area contributed by atoms with Crippen molar-refractivity contribution in [3.63, 3.8) is 0 Å². The summed E-state index contributed by atoms with van der Waals surface area (Å²) in [7, 11) is 0. The summed E-state index contributed by atoms with van der Waals surface area (Å²) in [5.41, 5.74) is 3.33.